The molecule has 1 aromatic carbocycles. The van der Waals surface area contributed by atoms with Crippen molar-refractivity contribution in [2.45, 2.75) is 19.7 Å². The smallest absolute Gasteiger partial charge is 0.406 e. The van der Waals surface area contributed by atoms with Crippen LogP contribution in [0.5, 0.6) is 5.75 Å². The first-order valence-corrected chi connectivity index (χ1v) is 5.02. The molecule has 0 amide bonds. The van der Waals surface area contributed by atoms with Gasteiger partial charge in [0.2, 0.25) is 5.70 Å². The third-order valence-corrected chi connectivity index (χ3v) is 2.04. The van der Waals surface area contributed by atoms with Crippen LogP contribution in [0.15, 0.2) is 30.0 Å². The van der Waals surface area contributed by atoms with Gasteiger partial charge in [-0.2, -0.15) is 0 Å². The van der Waals surface area contributed by atoms with Crippen molar-refractivity contribution in [3.63, 3.8) is 0 Å². The lowest BCUT2D eigenvalue weighted by Crippen LogP contribution is -2.16. The SMILES string of the molecule is CCC(=Cc1ccc(OC(F)(F)F)cc1)[N+](=O)[O-]. The number of halogens is 3. The van der Waals surface area contributed by atoms with Gasteiger partial charge in [0.05, 0.1) is 4.92 Å². The van der Waals surface area contributed by atoms with E-state index in [2.05, 4.69) is 4.74 Å². The molecular formula is C11H10F3NO3. The van der Waals surface area contributed by atoms with Crippen LogP contribution in [0.25, 0.3) is 6.08 Å². The van der Waals surface area contributed by atoms with Crippen LogP contribution >= 0.6 is 0 Å². The number of hydrogen-bond donors (Lipinski definition) is 0. The van der Waals surface area contributed by atoms with Crippen LogP contribution < -0.4 is 4.74 Å². The molecule has 0 spiro atoms. The van der Waals surface area contributed by atoms with Gasteiger partial charge in [-0.15, -0.1) is 13.2 Å². The van der Waals surface area contributed by atoms with Gasteiger partial charge in [-0.3, -0.25) is 10.1 Å². The lowest BCUT2D eigenvalue weighted by atomic mass is 10.1. The second-order valence-electron chi connectivity index (χ2n) is 3.36. The summed E-state index contributed by atoms with van der Waals surface area (Å²) < 4.78 is 39.3. The third-order valence-electron chi connectivity index (χ3n) is 2.04. The Morgan fingerprint density at radius 1 is 1.39 bits per heavy atom. The molecule has 0 aliphatic rings. The maximum atomic E-state index is 11.9. The number of rotatable bonds is 4. The van der Waals surface area contributed by atoms with Crippen LogP contribution in [0.4, 0.5) is 13.2 Å². The van der Waals surface area contributed by atoms with E-state index in [0.717, 1.165) is 12.1 Å². The normalized spacial score (nSPS) is 12.3. The van der Waals surface area contributed by atoms with Crippen molar-refractivity contribution in [1.82, 2.24) is 0 Å². The lowest BCUT2D eigenvalue weighted by Gasteiger charge is -2.08. The van der Waals surface area contributed by atoms with Gasteiger partial charge in [0.15, 0.2) is 0 Å². The summed E-state index contributed by atoms with van der Waals surface area (Å²) >= 11 is 0. The maximum Gasteiger partial charge on any atom is 0.573 e. The Kier molecular flexibility index (Phi) is 4.30. The zero-order valence-electron chi connectivity index (χ0n) is 9.40. The first-order valence-electron chi connectivity index (χ1n) is 5.02. The highest BCUT2D eigenvalue weighted by Gasteiger charge is 2.30. The highest BCUT2D eigenvalue weighted by atomic mass is 19.4. The first kappa shape index (κ1) is 14.0. The van der Waals surface area contributed by atoms with Crippen LogP contribution in [0.2, 0.25) is 0 Å². The minimum absolute atomic E-state index is 0.0144. The van der Waals surface area contributed by atoms with Crippen molar-refractivity contribution in [2.24, 2.45) is 0 Å². The second kappa shape index (κ2) is 5.52. The molecule has 0 saturated heterocycles. The van der Waals surface area contributed by atoms with Crippen molar-refractivity contribution in [3.8, 4) is 5.75 Å². The molecule has 7 heteroatoms. The second-order valence-corrected chi connectivity index (χ2v) is 3.36. The molecule has 0 aliphatic heterocycles. The van der Waals surface area contributed by atoms with E-state index < -0.39 is 11.3 Å². The minimum Gasteiger partial charge on any atom is -0.406 e. The fourth-order valence-corrected chi connectivity index (χ4v) is 1.24. The molecule has 0 heterocycles. The Balaban J connectivity index is 2.86. The zero-order valence-corrected chi connectivity index (χ0v) is 9.40. The van der Waals surface area contributed by atoms with Gasteiger partial charge in [0.1, 0.15) is 5.75 Å². The van der Waals surface area contributed by atoms with Crippen molar-refractivity contribution < 1.29 is 22.8 Å². The van der Waals surface area contributed by atoms with Crippen molar-refractivity contribution >= 4 is 6.08 Å². The van der Waals surface area contributed by atoms with Crippen LogP contribution in [0.3, 0.4) is 0 Å². The molecule has 0 aliphatic carbocycles. The predicted molar refractivity (Wildman–Crippen MR) is 58.4 cm³/mol. The Hall–Kier alpha value is -2.05. The fraction of sp³-hybridized carbons (Fsp3) is 0.273. The number of nitrogens with zero attached hydrogens (tertiary/aromatic N) is 1. The molecule has 0 atom stereocenters. The molecule has 0 fully saturated rings. The molecule has 0 unspecified atom stereocenters. The highest BCUT2D eigenvalue weighted by Crippen LogP contribution is 2.23. The first-order chi connectivity index (χ1) is 8.31. The highest BCUT2D eigenvalue weighted by molar-refractivity contribution is 5.52. The van der Waals surface area contributed by atoms with E-state index in [1.165, 1.54) is 18.2 Å². The van der Waals surface area contributed by atoms with Crippen molar-refractivity contribution in [1.29, 1.82) is 0 Å². The average Bonchev–Trinajstić information content (AvgIpc) is 2.25. The number of benzene rings is 1. The standard InChI is InChI=1S/C11H10F3NO3/c1-2-9(15(16)17)7-8-3-5-10(6-4-8)18-11(12,13)14/h3-7H,2H2,1H3. The largest absolute Gasteiger partial charge is 0.573 e. The van der Waals surface area contributed by atoms with Gasteiger partial charge >= 0.3 is 6.36 Å². The maximum absolute atomic E-state index is 11.9. The fourth-order valence-electron chi connectivity index (χ4n) is 1.24. The number of nitro groups is 1. The lowest BCUT2D eigenvalue weighted by molar-refractivity contribution is -0.425. The number of ether oxygens (including phenoxy) is 1. The zero-order chi connectivity index (χ0) is 13.8. The molecule has 0 saturated carbocycles. The summed E-state index contributed by atoms with van der Waals surface area (Å²) in [5, 5.41) is 10.6. The molecule has 98 valence electrons. The number of alkyl halides is 3. The van der Waals surface area contributed by atoms with E-state index in [1.807, 2.05) is 0 Å². The van der Waals surface area contributed by atoms with Gasteiger partial charge in [0, 0.05) is 12.5 Å². The number of allylic oxidation sites excluding steroid dienone is 1. The topological polar surface area (TPSA) is 52.4 Å². The molecule has 0 aromatic heterocycles. The molecule has 4 nitrogen and oxygen atoms in total. The van der Waals surface area contributed by atoms with Gasteiger partial charge in [0.25, 0.3) is 0 Å². The Labute approximate surface area is 101 Å². The van der Waals surface area contributed by atoms with E-state index in [1.54, 1.807) is 6.92 Å². The molecule has 0 N–H and O–H groups in total. The van der Waals surface area contributed by atoms with Gasteiger partial charge < -0.3 is 4.74 Å². The van der Waals surface area contributed by atoms with E-state index in [4.69, 9.17) is 0 Å². The van der Waals surface area contributed by atoms with Crippen molar-refractivity contribution in [2.75, 3.05) is 0 Å². The van der Waals surface area contributed by atoms with Crippen LogP contribution in [0, 0.1) is 10.1 Å². The molecular weight excluding hydrogens is 251 g/mol. The van der Waals surface area contributed by atoms with Gasteiger partial charge in [-0.05, 0) is 17.7 Å². The monoisotopic (exact) mass is 261 g/mol. The number of hydrogen-bond acceptors (Lipinski definition) is 3. The van der Waals surface area contributed by atoms with Crippen molar-refractivity contribution in [3.05, 3.63) is 45.6 Å². The summed E-state index contributed by atoms with van der Waals surface area (Å²) in [4.78, 5) is 10.0. The summed E-state index contributed by atoms with van der Waals surface area (Å²) in [6, 6.07) is 4.85. The van der Waals surface area contributed by atoms with Crippen LogP contribution in [0.1, 0.15) is 18.9 Å². The summed E-state index contributed by atoms with van der Waals surface area (Å²) in [6.45, 7) is 1.62. The summed E-state index contributed by atoms with van der Waals surface area (Å²) in [5.74, 6) is -0.362. The van der Waals surface area contributed by atoms with E-state index in [-0.39, 0.29) is 17.9 Å². The Morgan fingerprint density at radius 2 is 1.94 bits per heavy atom. The quantitative estimate of drug-likeness (QED) is 0.614. The van der Waals surface area contributed by atoms with E-state index in [9.17, 15) is 23.3 Å². The third kappa shape index (κ3) is 4.44. The van der Waals surface area contributed by atoms with Gasteiger partial charge in [-0.25, -0.2) is 0 Å². The molecule has 1 aromatic rings. The molecule has 18 heavy (non-hydrogen) atoms. The Bertz CT molecular complexity index is 452. The summed E-state index contributed by atoms with van der Waals surface area (Å²) in [6.07, 6.45) is -3.21. The summed E-state index contributed by atoms with van der Waals surface area (Å²) in [7, 11) is 0. The summed E-state index contributed by atoms with van der Waals surface area (Å²) in [5.41, 5.74) is 0.428. The van der Waals surface area contributed by atoms with Crippen LogP contribution in [-0.4, -0.2) is 11.3 Å². The Morgan fingerprint density at radius 3 is 2.33 bits per heavy atom. The molecule has 0 bridgehead atoms. The average molecular weight is 261 g/mol. The molecule has 1 rings (SSSR count). The van der Waals surface area contributed by atoms with Crippen LogP contribution in [-0.2, 0) is 0 Å². The predicted octanol–water partition coefficient (Wildman–Crippen LogP) is 3.61. The van der Waals surface area contributed by atoms with E-state index in [0.29, 0.717) is 5.56 Å². The van der Waals surface area contributed by atoms with Gasteiger partial charge in [-0.1, -0.05) is 19.1 Å². The van der Waals surface area contributed by atoms with E-state index >= 15 is 0 Å². The molecule has 0 radical (unpaired) electrons. The minimum atomic E-state index is -4.74.